The standard InChI is InChI=1S/C12H17N3O3/c1-4-18-11(16)8-14-10-6-5-9(7-13-10)12(17)15(2)3/h5-7H,4,8H2,1-3H3,(H,13,14). The average molecular weight is 251 g/mol. The molecule has 0 aliphatic rings. The predicted octanol–water partition coefficient (Wildman–Crippen LogP) is 0.758. The van der Waals surface area contributed by atoms with Crippen molar-refractivity contribution in [2.24, 2.45) is 0 Å². The molecule has 0 saturated carbocycles. The van der Waals surface area contributed by atoms with Gasteiger partial charge in [-0.3, -0.25) is 9.59 Å². The van der Waals surface area contributed by atoms with Gasteiger partial charge < -0.3 is 15.0 Å². The van der Waals surface area contributed by atoms with Gasteiger partial charge in [0.2, 0.25) is 0 Å². The fourth-order valence-corrected chi connectivity index (χ4v) is 1.26. The van der Waals surface area contributed by atoms with Crippen molar-refractivity contribution in [2.45, 2.75) is 6.92 Å². The molecule has 1 aromatic rings. The molecule has 6 heteroatoms. The zero-order valence-corrected chi connectivity index (χ0v) is 10.8. The molecular weight excluding hydrogens is 234 g/mol. The van der Waals surface area contributed by atoms with Crippen LogP contribution in [0.4, 0.5) is 5.82 Å². The molecule has 1 rings (SSSR count). The second-order valence-electron chi connectivity index (χ2n) is 3.79. The molecule has 1 heterocycles. The highest BCUT2D eigenvalue weighted by atomic mass is 16.5. The minimum absolute atomic E-state index is 0.0574. The van der Waals surface area contributed by atoms with Crippen molar-refractivity contribution in [3.8, 4) is 0 Å². The van der Waals surface area contributed by atoms with Gasteiger partial charge in [-0.25, -0.2) is 4.98 Å². The molecule has 1 aromatic heterocycles. The maximum absolute atomic E-state index is 11.6. The van der Waals surface area contributed by atoms with Crippen LogP contribution in [-0.2, 0) is 9.53 Å². The Kier molecular flexibility index (Phi) is 5.10. The van der Waals surface area contributed by atoms with E-state index >= 15 is 0 Å². The summed E-state index contributed by atoms with van der Waals surface area (Å²) in [7, 11) is 3.35. The van der Waals surface area contributed by atoms with Crippen molar-refractivity contribution in [3.05, 3.63) is 23.9 Å². The summed E-state index contributed by atoms with van der Waals surface area (Å²) in [5.41, 5.74) is 0.502. The molecule has 0 fully saturated rings. The van der Waals surface area contributed by atoms with Gasteiger partial charge in [0.15, 0.2) is 0 Å². The van der Waals surface area contributed by atoms with Gasteiger partial charge in [-0.2, -0.15) is 0 Å². The molecule has 0 aromatic carbocycles. The summed E-state index contributed by atoms with van der Waals surface area (Å²) < 4.78 is 4.77. The Hall–Kier alpha value is -2.11. The SMILES string of the molecule is CCOC(=O)CNc1ccc(C(=O)N(C)C)cn1. The molecule has 6 nitrogen and oxygen atoms in total. The van der Waals surface area contributed by atoms with E-state index in [1.54, 1.807) is 33.2 Å². The fourth-order valence-electron chi connectivity index (χ4n) is 1.26. The Morgan fingerprint density at radius 2 is 2.11 bits per heavy atom. The number of esters is 1. The molecule has 0 unspecified atom stereocenters. The third-order valence-corrected chi connectivity index (χ3v) is 2.14. The van der Waals surface area contributed by atoms with E-state index in [9.17, 15) is 9.59 Å². The summed E-state index contributed by atoms with van der Waals surface area (Å²) >= 11 is 0. The van der Waals surface area contributed by atoms with E-state index in [1.807, 2.05) is 0 Å². The number of carbonyl (C=O) groups excluding carboxylic acids is 2. The van der Waals surface area contributed by atoms with E-state index in [1.165, 1.54) is 11.1 Å². The monoisotopic (exact) mass is 251 g/mol. The third-order valence-electron chi connectivity index (χ3n) is 2.14. The van der Waals surface area contributed by atoms with Crippen LogP contribution in [0.25, 0.3) is 0 Å². The molecule has 0 spiro atoms. The number of ether oxygens (including phenoxy) is 1. The Morgan fingerprint density at radius 1 is 1.39 bits per heavy atom. The van der Waals surface area contributed by atoms with Gasteiger partial charge in [-0.05, 0) is 19.1 Å². The molecular formula is C12H17N3O3. The lowest BCUT2D eigenvalue weighted by Crippen LogP contribution is -2.22. The number of pyridine rings is 1. The Balaban J connectivity index is 2.55. The highest BCUT2D eigenvalue weighted by molar-refractivity contribution is 5.93. The first kappa shape index (κ1) is 14.0. The van der Waals surface area contributed by atoms with Crippen molar-refractivity contribution in [1.29, 1.82) is 0 Å². The van der Waals surface area contributed by atoms with Crippen LogP contribution in [0.2, 0.25) is 0 Å². The first-order chi connectivity index (χ1) is 8.54. The van der Waals surface area contributed by atoms with Crippen LogP contribution in [0.1, 0.15) is 17.3 Å². The lowest BCUT2D eigenvalue weighted by atomic mass is 10.2. The molecule has 0 aliphatic carbocycles. The number of hydrogen-bond acceptors (Lipinski definition) is 5. The zero-order chi connectivity index (χ0) is 13.5. The van der Waals surface area contributed by atoms with Gasteiger partial charge >= 0.3 is 5.97 Å². The van der Waals surface area contributed by atoms with Gasteiger partial charge in [-0.15, -0.1) is 0 Å². The van der Waals surface area contributed by atoms with E-state index < -0.39 is 0 Å². The van der Waals surface area contributed by atoms with E-state index in [-0.39, 0.29) is 18.4 Å². The molecule has 1 amide bonds. The zero-order valence-electron chi connectivity index (χ0n) is 10.8. The van der Waals surface area contributed by atoms with E-state index in [2.05, 4.69) is 10.3 Å². The largest absolute Gasteiger partial charge is 0.465 e. The van der Waals surface area contributed by atoms with Crippen molar-refractivity contribution in [1.82, 2.24) is 9.88 Å². The molecule has 1 N–H and O–H groups in total. The second kappa shape index (κ2) is 6.58. The number of nitrogens with zero attached hydrogens (tertiary/aromatic N) is 2. The van der Waals surface area contributed by atoms with E-state index in [4.69, 9.17) is 4.74 Å². The van der Waals surface area contributed by atoms with E-state index in [0.29, 0.717) is 18.0 Å². The van der Waals surface area contributed by atoms with Crippen molar-refractivity contribution in [2.75, 3.05) is 32.6 Å². The summed E-state index contributed by atoms with van der Waals surface area (Å²) in [6.45, 7) is 2.16. The van der Waals surface area contributed by atoms with Crippen LogP contribution in [0.3, 0.4) is 0 Å². The minimum Gasteiger partial charge on any atom is -0.465 e. The quantitative estimate of drug-likeness (QED) is 0.782. The highest BCUT2D eigenvalue weighted by Crippen LogP contribution is 2.06. The number of hydrogen-bond donors (Lipinski definition) is 1. The number of nitrogens with one attached hydrogen (secondary N) is 1. The normalized spacial score (nSPS) is 9.72. The second-order valence-corrected chi connectivity index (χ2v) is 3.79. The maximum Gasteiger partial charge on any atom is 0.325 e. The molecule has 0 bridgehead atoms. The first-order valence-electron chi connectivity index (χ1n) is 5.61. The van der Waals surface area contributed by atoms with Gasteiger partial charge in [0.25, 0.3) is 5.91 Å². The Morgan fingerprint density at radius 3 is 2.61 bits per heavy atom. The van der Waals surface area contributed by atoms with Gasteiger partial charge in [0.05, 0.1) is 12.2 Å². The summed E-state index contributed by atoms with van der Waals surface area (Å²) in [5, 5.41) is 2.81. The van der Waals surface area contributed by atoms with Gasteiger partial charge in [0, 0.05) is 20.3 Å². The molecule has 98 valence electrons. The lowest BCUT2D eigenvalue weighted by molar-refractivity contribution is -0.140. The van der Waals surface area contributed by atoms with Crippen LogP contribution in [0.5, 0.6) is 0 Å². The average Bonchev–Trinajstić information content (AvgIpc) is 2.36. The van der Waals surface area contributed by atoms with Crippen molar-refractivity contribution >= 4 is 17.7 Å². The number of amides is 1. The summed E-state index contributed by atoms with van der Waals surface area (Å²) in [6, 6.07) is 3.30. The highest BCUT2D eigenvalue weighted by Gasteiger charge is 2.08. The molecule has 0 atom stereocenters. The van der Waals surface area contributed by atoms with Crippen LogP contribution in [-0.4, -0.2) is 49.0 Å². The van der Waals surface area contributed by atoms with Crippen LogP contribution in [0, 0.1) is 0 Å². The predicted molar refractivity (Wildman–Crippen MR) is 67.4 cm³/mol. The summed E-state index contributed by atoms with van der Waals surface area (Å²) in [6.07, 6.45) is 1.47. The molecule has 0 aliphatic heterocycles. The minimum atomic E-state index is -0.340. The number of anilines is 1. The fraction of sp³-hybridized carbons (Fsp3) is 0.417. The van der Waals surface area contributed by atoms with Gasteiger partial charge in [0.1, 0.15) is 12.4 Å². The third kappa shape index (κ3) is 4.04. The van der Waals surface area contributed by atoms with Crippen molar-refractivity contribution in [3.63, 3.8) is 0 Å². The molecule has 18 heavy (non-hydrogen) atoms. The van der Waals surface area contributed by atoms with Crippen LogP contribution < -0.4 is 5.32 Å². The summed E-state index contributed by atoms with van der Waals surface area (Å²) in [5.74, 6) is 0.0746. The number of rotatable bonds is 5. The number of carbonyl (C=O) groups is 2. The summed E-state index contributed by atoms with van der Waals surface area (Å²) in [4.78, 5) is 28.2. The Labute approximate surface area is 106 Å². The lowest BCUT2D eigenvalue weighted by Gasteiger charge is -2.10. The smallest absolute Gasteiger partial charge is 0.325 e. The van der Waals surface area contributed by atoms with E-state index in [0.717, 1.165) is 0 Å². The van der Waals surface area contributed by atoms with Crippen molar-refractivity contribution < 1.29 is 14.3 Å². The maximum atomic E-state index is 11.6. The van der Waals surface area contributed by atoms with Crippen LogP contribution in [0.15, 0.2) is 18.3 Å². The molecule has 0 saturated heterocycles. The molecule has 0 radical (unpaired) electrons. The van der Waals surface area contributed by atoms with Crippen LogP contribution >= 0.6 is 0 Å². The first-order valence-corrected chi connectivity index (χ1v) is 5.61. The topological polar surface area (TPSA) is 71.5 Å². The van der Waals surface area contributed by atoms with Gasteiger partial charge in [-0.1, -0.05) is 0 Å². The Bertz CT molecular complexity index is 415. The number of aromatic nitrogens is 1.